The number of aliphatic hydroxyl groups is 1. The highest BCUT2D eigenvalue weighted by atomic mass is 31.2. The first kappa shape index (κ1) is 55.0. The molecule has 0 aromatic rings. The minimum atomic E-state index is -4.59. The number of phosphoric acid groups is 1. The SMILES string of the molecule is CCCCCCCC/C=C\CCCCCCCCCC(=O)NC(COP(=O)([O-])OCC[N+](C)(C)C)C(O)/C=C/CCCCCCCCCCCCCCCCC. The maximum atomic E-state index is 12.9. The van der Waals surface area contributed by atoms with Gasteiger partial charge in [-0.05, 0) is 44.9 Å². The first-order valence-corrected chi connectivity index (χ1v) is 25.2. The van der Waals surface area contributed by atoms with Crippen molar-refractivity contribution in [1.29, 1.82) is 0 Å². The topological polar surface area (TPSA) is 108 Å². The lowest BCUT2D eigenvalue weighted by molar-refractivity contribution is -0.870. The lowest BCUT2D eigenvalue weighted by Crippen LogP contribution is -2.45. The maximum absolute atomic E-state index is 12.9. The number of carbonyl (C=O) groups is 1. The zero-order valence-corrected chi connectivity index (χ0v) is 38.5. The first-order chi connectivity index (χ1) is 27.0. The molecule has 0 rings (SSSR count). The largest absolute Gasteiger partial charge is 0.756 e. The summed E-state index contributed by atoms with van der Waals surface area (Å²) in [5.74, 6) is -0.201. The van der Waals surface area contributed by atoms with Crippen LogP contribution in [0.3, 0.4) is 0 Å². The standard InChI is InChI=1S/C47H93N2O6P/c1-6-8-10-12-14-16-18-20-22-24-26-28-30-32-34-36-38-40-46(50)45(44-55-56(52,53)54-43-42-49(3,4)5)48-47(51)41-39-37-35-33-31-29-27-25-23-21-19-17-15-13-11-9-7-2/h21,23,38,40,45-46,50H,6-20,22,24-37,39,41-44H2,1-5H3,(H-,48,51,52,53)/b23-21-,40-38+. The van der Waals surface area contributed by atoms with Crippen LogP contribution in [-0.2, 0) is 18.4 Å². The number of quaternary nitrogens is 1. The number of allylic oxidation sites excluding steroid dienone is 3. The Kier molecular flexibility index (Phi) is 38.7. The minimum Gasteiger partial charge on any atom is -0.756 e. The summed E-state index contributed by atoms with van der Waals surface area (Å²) < 4.78 is 23.2. The number of phosphoric ester groups is 1. The summed E-state index contributed by atoms with van der Waals surface area (Å²) in [6.45, 7) is 4.65. The predicted octanol–water partition coefficient (Wildman–Crippen LogP) is 12.7. The molecule has 0 aromatic carbocycles. The number of amides is 1. The van der Waals surface area contributed by atoms with Crippen LogP contribution in [0.4, 0.5) is 0 Å². The van der Waals surface area contributed by atoms with Crippen LogP contribution >= 0.6 is 7.82 Å². The Labute approximate surface area is 347 Å². The summed E-state index contributed by atoms with van der Waals surface area (Å²) in [5, 5.41) is 13.8. The fraction of sp³-hybridized carbons (Fsp3) is 0.894. The highest BCUT2D eigenvalue weighted by molar-refractivity contribution is 7.45. The zero-order chi connectivity index (χ0) is 41.4. The van der Waals surface area contributed by atoms with Crippen LogP contribution in [0.1, 0.15) is 219 Å². The van der Waals surface area contributed by atoms with Crippen molar-refractivity contribution in [3.05, 3.63) is 24.3 Å². The molecule has 0 aromatic heterocycles. The molecule has 0 aliphatic carbocycles. The molecule has 0 fully saturated rings. The minimum absolute atomic E-state index is 0.000624. The smallest absolute Gasteiger partial charge is 0.268 e. The van der Waals surface area contributed by atoms with E-state index in [2.05, 4.69) is 31.3 Å². The average Bonchev–Trinajstić information content (AvgIpc) is 3.15. The molecule has 1 amide bonds. The van der Waals surface area contributed by atoms with Gasteiger partial charge < -0.3 is 28.8 Å². The molecule has 0 heterocycles. The highest BCUT2D eigenvalue weighted by Gasteiger charge is 2.23. The van der Waals surface area contributed by atoms with E-state index >= 15 is 0 Å². The van der Waals surface area contributed by atoms with Gasteiger partial charge in [0.05, 0.1) is 39.9 Å². The first-order valence-electron chi connectivity index (χ1n) is 23.7. The Bertz CT molecular complexity index is 969. The number of hydrogen-bond acceptors (Lipinski definition) is 6. The lowest BCUT2D eigenvalue weighted by atomic mass is 10.0. The van der Waals surface area contributed by atoms with Crippen molar-refractivity contribution in [2.45, 2.75) is 231 Å². The van der Waals surface area contributed by atoms with Crippen molar-refractivity contribution in [3.8, 4) is 0 Å². The van der Waals surface area contributed by atoms with Crippen LogP contribution in [-0.4, -0.2) is 68.5 Å². The second-order valence-electron chi connectivity index (χ2n) is 17.5. The van der Waals surface area contributed by atoms with Crippen molar-refractivity contribution < 1.29 is 32.9 Å². The van der Waals surface area contributed by atoms with Gasteiger partial charge in [0.2, 0.25) is 5.91 Å². The fourth-order valence-electron chi connectivity index (χ4n) is 6.85. The maximum Gasteiger partial charge on any atom is 0.268 e. The van der Waals surface area contributed by atoms with Gasteiger partial charge in [0, 0.05) is 6.42 Å². The fourth-order valence-corrected chi connectivity index (χ4v) is 7.58. The normalized spacial score (nSPS) is 14.5. The van der Waals surface area contributed by atoms with E-state index in [-0.39, 0.29) is 19.1 Å². The van der Waals surface area contributed by atoms with Gasteiger partial charge in [0.25, 0.3) is 7.82 Å². The molecular formula is C47H93N2O6P. The van der Waals surface area contributed by atoms with Crippen molar-refractivity contribution in [1.82, 2.24) is 5.32 Å². The monoisotopic (exact) mass is 813 g/mol. The van der Waals surface area contributed by atoms with Crippen LogP contribution in [0, 0.1) is 0 Å². The third-order valence-corrected chi connectivity index (χ3v) is 11.6. The van der Waals surface area contributed by atoms with E-state index < -0.39 is 20.0 Å². The molecule has 2 N–H and O–H groups in total. The van der Waals surface area contributed by atoms with Gasteiger partial charge in [-0.15, -0.1) is 0 Å². The van der Waals surface area contributed by atoms with Crippen LogP contribution < -0.4 is 10.2 Å². The Balaban J connectivity index is 4.38. The van der Waals surface area contributed by atoms with E-state index in [1.807, 2.05) is 27.2 Å². The van der Waals surface area contributed by atoms with Gasteiger partial charge in [-0.2, -0.15) is 0 Å². The van der Waals surface area contributed by atoms with Crippen molar-refractivity contribution >= 4 is 13.7 Å². The molecule has 0 saturated carbocycles. The molecule has 0 bridgehead atoms. The third kappa shape index (κ3) is 41.2. The number of likely N-dealkylation sites (N-methyl/N-ethyl adjacent to an activating group) is 1. The van der Waals surface area contributed by atoms with Crippen LogP contribution in [0.5, 0.6) is 0 Å². The molecule has 0 aliphatic rings. The van der Waals surface area contributed by atoms with Gasteiger partial charge in [0.15, 0.2) is 0 Å². The molecule has 9 heteroatoms. The number of hydrogen-bond donors (Lipinski definition) is 2. The number of unbranched alkanes of at least 4 members (excludes halogenated alkanes) is 28. The number of rotatable bonds is 43. The highest BCUT2D eigenvalue weighted by Crippen LogP contribution is 2.38. The van der Waals surface area contributed by atoms with Gasteiger partial charge >= 0.3 is 0 Å². The molecule has 8 nitrogen and oxygen atoms in total. The van der Waals surface area contributed by atoms with Gasteiger partial charge in [-0.25, -0.2) is 0 Å². The number of nitrogens with one attached hydrogen (secondary N) is 1. The van der Waals surface area contributed by atoms with E-state index in [1.165, 1.54) is 161 Å². The third-order valence-electron chi connectivity index (χ3n) is 10.7. The Morgan fingerprint density at radius 2 is 0.982 bits per heavy atom. The van der Waals surface area contributed by atoms with Crippen LogP contribution in [0.25, 0.3) is 0 Å². The quantitative estimate of drug-likeness (QED) is 0.0275. The van der Waals surface area contributed by atoms with E-state index in [4.69, 9.17) is 9.05 Å². The number of aliphatic hydroxyl groups excluding tert-OH is 1. The Morgan fingerprint density at radius 3 is 1.39 bits per heavy atom. The summed E-state index contributed by atoms with van der Waals surface area (Å²) in [6.07, 6.45) is 46.4. The Morgan fingerprint density at radius 1 is 0.607 bits per heavy atom. The molecule has 56 heavy (non-hydrogen) atoms. The molecule has 0 radical (unpaired) electrons. The van der Waals surface area contributed by atoms with E-state index in [0.717, 1.165) is 38.5 Å². The van der Waals surface area contributed by atoms with Crippen LogP contribution in [0.2, 0.25) is 0 Å². The Hall–Kier alpha value is -1.02. The van der Waals surface area contributed by atoms with E-state index in [1.54, 1.807) is 6.08 Å². The summed E-state index contributed by atoms with van der Waals surface area (Å²) in [6, 6.07) is -0.885. The summed E-state index contributed by atoms with van der Waals surface area (Å²) >= 11 is 0. The molecule has 0 saturated heterocycles. The zero-order valence-electron chi connectivity index (χ0n) is 37.6. The van der Waals surface area contributed by atoms with E-state index in [0.29, 0.717) is 17.4 Å². The number of nitrogens with zero attached hydrogens (tertiary/aromatic N) is 1. The molecule has 3 unspecified atom stereocenters. The number of carbonyl (C=O) groups excluding carboxylic acids is 1. The molecule has 332 valence electrons. The second kappa shape index (κ2) is 39.4. The van der Waals surface area contributed by atoms with Gasteiger partial charge in [-0.1, -0.05) is 192 Å². The predicted molar refractivity (Wildman–Crippen MR) is 238 cm³/mol. The van der Waals surface area contributed by atoms with Crippen molar-refractivity contribution in [2.24, 2.45) is 0 Å². The summed E-state index contributed by atoms with van der Waals surface area (Å²) in [7, 11) is 1.26. The molecule has 0 spiro atoms. The molecule has 0 aliphatic heterocycles. The van der Waals surface area contributed by atoms with Crippen LogP contribution in [0.15, 0.2) is 24.3 Å². The molecule has 3 atom stereocenters. The molecular weight excluding hydrogens is 719 g/mol. The second-order valence-corrected chi connectivity index (χ2v) is 18.9. The summed E-state index contributed by atoms with van der Waals surface area (Å²) in [4.78, 5) is 25.3. The summed E-state index contributed by atoms with van der Waals surface area (Å²) in [5.41, 5.74) is 0. The lowest BCUT2D eigenvalue weighted by Gasteiger charge is -2.29. The average molecular weight is 813 g/mol. The van der Waals surface area contributed by atoms with Crippen molar-refractivity contribution in [2.75, 3.05) is 40.9 Å². The van der Waals surface area contributed by atoms with Crippen molar-refractivity contribution in [3.63, 3.8) is 0 Å². The van der Waals surface area contributed by atoms with Gasteiger partial charge in [-0.3, -0.25) is 9.36 Å². The van der Waals surface area contributed by atoms with E-state index in [9.17, 15) is 19.4 Å². The van der Waals surface area contributed by atoms with Gasteiger partial charge in [0.1, 0.15) is 13.2 Å².